The third-order valence-electron chi connectivity index (χ3n) is 4.55. The van der Waals surface area contributed by atoms with Gasteiger partial charge in [0.1, 0.15) is 11.6 Å². The Kier molecular flexibility index (Phi) is 8.77. The molecule has 5 nitrogen and oxygen atoms in total. The first-order valence-electron chi connectivity index (χ1n) is 9.13. The Hall–Kier alpha value is -1.90. The number of rotatable bonds is 5. The van der Waals surface area contributed by atoms with Gasteiger partial charge in [0, 0.05) is 39.4 Å². The van der Waals surface area contributed by atoms with Gasteiger partial charge in [-0.3, -0.25) is 4.99 Å². The van der Waals surface area contributed by atoms with Crippen LogP contribution in [0, 0.1) is 5.82 Å². The zero-order valence-corrected chi connectivity index (χ0v) is 17.9. The van der Waals surface area contributed by atoms with E-state index in [9.17, 15) is 4.39 Å². The number of pyridine rings is 1. The number of nitrogens with zero attached hydrogens (tertiary/aromatic N) is 3. The molecule has 7 heteroatoms. The van der Waals surface area contributed by atoms with Crippen LogP contribution in [0.5, 0.6) is 0 Å². The highest BCUT2D eigenvalue weighted by atomic mass is 127. The Morgan fingerprint density at radius 1 is 1.04 bits per heavy atom. The van der Waals surface area contributed by atoms with Crippen molar-refractivity contribution in [1.29, 1.82) is 0 Å². The van der Waals surface area contributed by atoms with E-state index in [1.165, 1.54) is 37.0 Å². The summed E-state index contributed by atoms with van der Waals surface area (Å²) in [5, 5.41) is 6.56. The van der Waals surface area contributed by atoms with Gasteiger partial charge in [-0.25, -0.2) is 9.37 Å². The molecule has 3 rings (SSSR count). The third kappa shape index (κ3) is 6.64. The number of nitrogens with one attached hydrogen (secondary N) is 2. The van der Waals surface area contributed by atoms with Crippen molar-refractivity contribution in [2.45, 2.75) is 32.4 Å². The lowest BCUT2D eigenvalue weighted by molar-refractivity contribution is 0.573. The zero-order chi connectivity index (χ0) is 18.2. The maximum absolute atomic E-state index is 13.0. The van der Waals surface area contributed by atoms with Crippen molar-refractivity contribution in [2.75, 3.05) is 25.0 Å². The molecule has 27 heavy (non-hydrogen) atoms. The minimum absolute atomic E-state index is 0. The number of benzene rings is 1. The number of guanidine groups is 1. The number of aromatic nitrogens is 1. The van der Waals surface area contributed by atoms with Gasteiger partial charge in [0.05, 0.1) is 0 Å². The lowest BCUT2D eigenvalue weighted by atomic mass is 10.1. The summed E-state index contributed by atoms with van der Waals surface area (Å²) < 4.78 is 13.0. The van der Waals surface area contributed by atoms with Gasteiger partial charge in [-0.05, 0) is 54.7 Å². The summed E-state index contributed by atoms with van der Waals surface area (Å²) in [6, 6.07) is 10.6. The largest absolute Gasteiger partial charge is 0.357 e. The second-order valence-electron chi connectivity index (χ2n) is 6.48. The molecule has 2 heterocycles. The topological polar surface area (TPSA) is 52.6 Å². The Morgan fingerprint density at radius 2 is 1.70 bits per heavy atom. The molecular formula is C20H27FIN5. The van der Waals surface area contributed by atoms with Gasteiger partial charge in [0.25, 0.3) is 0 Å². The van der Waals surface area contributed by atoms with Crippen LogP contribution in [-0.2, 0) is 13.1 Å². The minimum Gasteiger partial charge on any atom is -0.357 e. The first-order valence-corrected chi connectivity index (χ1v) is 9.13. The maximum Gasteiger partial charge on any atom is 0.191 e. The fourth-order valence-electron chi connectivity index (χ4n) is 3.06. The summed E-state index contributed by atoms with van der Waals surface area (Å²) >= 11 is 0. The lowest BCUT2D eigenvalue weighted by Gasteiger charge is -2.28. The predicted molar refractivity (Wildman–Crippen MR) is 119 cm³/mol. The normalized spacial score (nSPS) is 14.4. The monoisotopic (exact) mass is 483 g/mol. The van der Waals surface area contributed by atoms with Crippen molar-refractivity contribution in [3.63, 3.8) is 0 Å². The van der Waals surface area contributed by atoms with E-state index in [2.05, 4.69) is 31.6 Å². The summed E-state index contributed by atoms with van der Waals surface area (Å²) in [5.74, 6) is 1.54. The highest BCUT2D eigenvalue weighted by Gasteiger charge is 2.12. The number of hydrogen-bond acceptors (Lipinski definition) is 3. The van der Waals surface area contributed by atoms with Gasteiger partial charge in [0.2, 0.25) is 0 Å². The van der Waals surface area contributed by atoms with Crippen LogP contribution in [0.2, 0.25) is 0 Å². The summed E-state index contributed by atoms with van der Waals surface area (Å²) in [5.41, 5.74) is 2.18. The predicted octanol–water partition coefficient (Wildman–Crippen LogP) is 3.69. The molecule has 0 amide bonds. The van der Waals surface area contributed by atoms with Crippen molar-refractivity contribution in [3.05, 3.63) is 59.5 Å². The first-order chi connectivity index (χ1) is 12.7. The molecule has 0 unspecified atom stereocenters. The molecule has 1 saturated heterocycles. The average Bonchev–Trinajstić information content (AvgIpc) is 2.70. The Labute approximate surface area is 177 Å². The molecule has 1 aliphatic rings. The number of aliphatic imine (C=N–C) groups is 1. The van der Waals surface area contributed by atoms with E-state index in [1.807, 2.05) is 12.3 Å². The van der Waals surface area contributed by atoms with E-state index < -0.39 is 0 Å². The van der Waals surface area contributed by atoms with E-state index in [4.69, 9.17) is 0 Å². The van der Waals surface area contributed by atoms with Gasteiger partial charge in [0.15, 0.2) is 5.96 Å². The molecule has 2 N–H and O–H groups in total. The lowest BCUT2D eigenvalue weighted by Crippen LogP contribution is -2.36. The molecule has 1 aromatic heterocycles. The van der Waals surface area contributed by atoms with Crippen LogP contribution < -0.4 is 15.5 Å². The third-order valence-corrected chi connectivity index (χ3v) is 4.55. The quantitative estimate of drug-likeness (QED) is 0.387. The van der Waals surface area contributed by atoms with Crippen LogP contribution in [0.25, 0.3) is 0 Å². The fourth-order valence-corrected chi connectivity index (χ4v) is 3.06. The summed E-state index contributed by atoms with van der Waals surface area (Å²) in [4.78, 5) is 11.1. The first kappa shape index (κ1) is 21.4. The molecule has 1 aromatic carbocycles. The van der Waals surface area contributed by atoms with Gasteiger partial charge < -0.3 is 15.5 Å². The van der Waals surface area contributed by atoms with Crippen LogP contribution in [0.4, 0.5) is 10.2 Å². The molecule has 0 aliphatic carbocycles. The Bertz CT molecular complexity index is 729. The smallest absolute Gasteiger partial charge is 0.191 e. The number of hydrogen-bond donors (Lipinski definition) is 2. The van der Waals surface area contributed by atoms with Gasteiger partial charge >= 0.3 is 0 Å². The summed E-state index contributed by atoms with van der Waals surface area (Å²) in [6.45, 7) is 3.44. The van der Waals surface area contributed by atoms with Crippen LogP contribution in [0.3, 0.4) is 0 Å². The van der Waals surface area contributed by atoms with E-state index in [-0.39, 0.29) is 29.8 Å². The fraction of sp³-hybridized carbons (Fsp3) is 0.400. The van der Waals surface area contributed by atoms with Crippen molar-refractivity contribution >= 4 is 35.8 Å². The Morgan fingerprint density at radius 3 is 2.37 bits per heavy atom. The van der Waals surface area contributed by atoms with Crippen LogP contribution in [0.1, 0.15) is 30.4 Å². The zero-order valence-electron chi connectivity index (χ0n) is 15.6. The molecule has 0 radical (unpaired) electrons. The number of anilines is 1. The summed E-state index contributed by atoms with van der Waals surface area (Å²) in [7, 11) is 1.74. The molecule has 2 aromatic rings. The maximum atomic E-state index is 13.0. The minimum atomic E-state index is -0.224. The van der Waals surface area contributed by atoms with Gasteiger partial charge in [-0.1, -0.05) is 12.1 Å². The van der Waals surface area contributed by atoms with Crippen molar-refractivity contribution < 1.29 is 4.39 Å². The second-order valence-corrected chi connectivity index (χ2v) is 6.48. The van der Waals surface area contributed by atoms with E-state index in [1.54, 1.807) is 19.2 Å². The van der Waals surface area contributed by atoms with Gasteiger partial charge in [-0.15, -0.1) is 24.0 Å². The Balaban J connectivity index is 0.00000261. The van der Waals surface area contributed by atoms with E-state index >= 15 is 0 Å². The highest BCUT2D eigenvalue weighted by Crippen LogP contribution is 2.18. The second kappa shape index (κ2) is 11.1. The van der Waals surface area contributed by atoms with Crippen LogP contribution >= 0.6 is 24.0 Å². The van der Waals surface area contributed by atoms with Crippen molar-refractivity contribution in [3.8, 4) is 0 Å². The molecule has 0 atom stereocenters. The van der Waals surface area contributed by atoms with E-state index in [0.29, 0.717) is 19.0 Å². The van der Waals surface area contributed by atoms with E-state index in [0.717, 1.165) is 24.5 Å². The average molecular weight is 483 g/mol. The SMILES string of the molecule is CN=C(NCc1ccc(F)cc1)NCc1ccnc(N2CCCCC2)c1.I. The number of halogens is 2. The van der Waals surface area contributed by atoms with Crippen molar-refractivity contribution in [2.24, 2.45) is 4.99 Å². The molecule has 1 aliphatic heterocycles. The molecular weight excluding hydrogens is 456 g/mol. The van der Waals surface area contributed by atoms with Gasteiger partial charge in [-0.2, -0.15) is 0 Å². The molecule has 0 saturated carbocycles. The molecule has 146 valence electrons. The van der Waals surface area contributed by atoms with Crippen LogP contribution in [-0.4, -0.2) is 31.1 Å². The molecule has 1 fully saturated rings. The molecule has 0 bridgehead atoms. The highest BCUT2D eigenvalue weighted by molar-refractivity contribution is 14.0. The standard InChI is InChI=1S/C20H26FN5.HI/c1-22-20(24-14-16-5-7-18(21)8-6-16)25-15-17-9-10-23-19(13-17)26-11-3-2-4-12-26;/h5-10,13H,2-4,11-12,14-15H2,1H3,(H2,22,24,25);1H. The van der Waals surface area contributed by atoms with Crippen molar-refractivity contribution in [1.82, 2.24) is 15.6 Å². The molecule has 0 spiro atoms. The summed E-state index contributed by atoms with van der Waals surface area (Å²) in [6.07, 6.45) is 5.66. The number of piperidine rings is 1. The van der Waals surface area contributed by atoms with Crippen LogP contribution in [0.15, 0.2) is 47.6 Å².